The first-order valence-electron chi connectivity index (χ1n) is 9.78. The minimum absolute atomic E-state index is 0.0777. The van der Waals surface area contributed by atoms with Crippen LogP contribution >= 0.6 is 0 Å². The molecule has 0 saturated carbocycles. The molecule has 2 aromatic carbocycles. The predicted octanol–water partition coefficient (Wildman–Crippen LogP) is 3.51. The summed E-state index contributed by atoms with van der Waals surface area (Å²) in [6.45, 7) is 3.63. The molecule has 30 heavy (non-hydrogen) atoms. The standard InChI is InChI=1S/C23H23NO6/c1-15-18-14-17(27-2)8-9-19(18)29-20(15)23(26)30-21(16-6-4-3-5-7-16)22(25)24-10-12-28-13-11-24/h3-9,14,21H,10-13H2,1-2H3/t21-/m1/s1. The molecule has 0 unspecified atom stereocenters. The molecule has 1 atom stereocenters. The Kier molecular flexibility index (Phi) is 5.72. The molecule has 0 radical (unpaired) electrons. The third-order valence-corrected chi connectivity index (χ3v) is 5.20. The monoisotopic (exact) mass is 409 g/mol. The van der Waals surface area contributed by atoms with Gasteiger partial charge in [0.05, 0.1) is 20.3 Å². The van der Waals surface area contributed by atoms with Crippen LogP contribution in [0.4, 0.5) is 0 Å². The molecule has 4 rings (SSSR count). The van der Waals surface area contributed by atoms with E-state index < -0.39 is 12.1 Å². The number of carbonyl (C=O) groups excluding carboxylic acids is 2. The van der Waals surface area contributed by atoms with Gasteiger partial charge in [0.2, 0.25) is 11.9 Å². The second-order valence-electron chi connectivity index (χ2n) is 7.05. The molecule has 7 heteroatoms. The lowest BCUT2D eigenvalue weighted by Crippen LogP contribution is -2.44. The van der Waals surface area contributed by atoms with Crippen molar-refractivity contribution < 1.29 is 28.2 Å². The summed E-state index contributed by atoms with van der Waals surface area (Å²) in [5.74, 6) is -0.212. The Labute approximate surface area is 174 Å². The Balaban J connectivity index is 1.64. The number of hydrogen-bond acceptors (Lipinski definition) is 6. The van der Waals surface area contributed by atoms with Crippen molar-refractivity contribution in [1.29, 1.82) is 0 Å². The predicted molar refractivity (Wildman–Crippen MR) is 110 cm³/mol. The maximum absolute atomic E-state index is 13.2. The quantitative estimate of drug-likeness (QED) is 0.600. The number of carbonyl (C=O) groups is 2. The maximum atomic E-state index is 13.2. The zero-order chi connectivity index (χ0) is 21.1. The van der Waals surface area contributed by atoms with E-state index >= 15 is 0 Å². The van der Waals surface area contributed by atoms with Gasteiger partial charge in [-0.15, -0.1) is 0 Å². The molecule has 0 bridgehead atoms. The highest BCUT2D eigenvalue weighted by molar-refractivity contribution is 5.97. The van der Waals surface area contributed by atoms with Crippen LogP contribution in [0.15, 0.2) is 52.9 Å². The molecule has 0 spiro atoms. The molecule has 1 fully saturated rings. The van der Waals surface area contributed by atoms with E-state index in [2.05, 4.69) is 0 Å². The van der Waals surface area contributed by atoms with E-state index in [0.29, 0.717) is 48.8 Å². The molecule has 1 aliphatic heterocycles. The molecule has 0 N–H and O–H groups in total. The van der Waals surface area contributed by atoms with Crippen molar-refractivity contribution >= 4 is 22.8 Å². The summed E-state index contributed by atoms with van der Waals surface area (Å²) in [5.41, 5.74) is 1.80. The van der Waals surface area contributed by atoms with E-state index in [9.17, 15) is 9.59 Å². The van der Waals surface area contributed by atoms with Gasteiger partial charge in [-0.3, -0.25) is 4.79 Å². The van der Waals surface area contributed by atoms with Gasteiger partial charge in [0, 0.05) is 29.6 Å². The van der Waals surface area contributed by atoms with Gasteiger partial charge in [-0.1, -0.05) is 30.3 Å². The van der Waals surface area contributed by atoms with Crippen LogP contribution < -0.4 is 4.74 Å². The summed E-state index contributed by atoms with van der Waals surface area (Å²) in [6.07, 6.45) is -1.06. The van der Waals surface area contributed by atoms with Crippen molar-refractivity contribution in [3.8, 4) is 5.75 Å². The average Bonchev–Trinajstić information content (AvgIpc) is 3.14. The number of esters is 1. The molecule has 1 saturated heterocycles. The Morgan fingerprint density at radius 3 is 2.50 bits per heavy atom. The number of amides is 1. The average molecular weight is 409 g/mol. The minimum atomic E-state index is -1.06. The summed E-state index contributed by atoms with van der Waals surface area (Å²) in [4.78, 5) is 27.8. The topological polar surface area (TPSA) is 78.2 Å². The zero-order valence-electron chi connectivity index (χ0n) is 16.9. The number of benzene rings is 2. The number of furan rings is 1. The van der Waals surface area contributed by atoms with Gasteiger partial charge in [0.25, 0.3) is 5.91 Å². The fourth-order valence-electron chi connectivity index (χ4n) is 3.52. The number of nitrogens with zero attached hydrogens (tertiary/aromatic N) is 1. The molecular formula is C23H23NO6. The van der Waals surface area contributed by atoms with Crippen LogP contribution in [0.25, 0.3) is 11.0 Å². The van der Waals surface area contributed by atoms with E-state index in [1.54, 1.807) is 49.3 Å². The molecule has 0 aliphatic carbocycles. The number of rotatable bonds is 5. The Bertz CT molecular complexity index is 1050. The molecule has 1 aliphatic rings. The number of ether oxygens (including phenoxy) is 3. The summed E-state index contributed by atoms with van der Waals surface area (Å²) in [5, 5.41) is 0.761. The van der Waals surface area contributed by atoms with Crippen molar-refractivity contribution in [3.05, 3.63) is 65.4 Å². The van der Waals surface area contributed by atoms with Crippen molar-refractivity contribution in [2.45, 2.75) is 13.0 Å². The highest BCUT2D eigenvalue weighted by atomic mass is 16.6. The van der Waals surface area contributed by atoms with Crippen LogP contribution in [0.1, 0.15) is 27.8 Å². The van der Waals surface area contributed by atoms with Crippen molar-refractivity contribution in [1.82, 2.24) is 4.90 Å². The van der Waals surface area contributed by atoms with Gasteiger partial charge in [0.1, 0.15) is 11.3 Å². The van der Waals surface area contributed by atoms with Crippen LogP contribution in [-0.4, -0.2) is 50.2 Å². The van der Waals surface area contributed by atoms with Crippen LogP contribution in [0.2, 0.25) is 0 Å². The first-order chi connectivity index (χ1) is 14.6. The Morgan fingerprint density at radius 1 is 1.07 bits per heavy atom. The fourth-order valence-corrected chi connectivity index (χ4v) is 3.52. The van der Waals surface area contributed by atoms with Crippen LogP contribution in [0.5, 0.6) is 5.75 Å². The van der Waals surface area contributed by atoms with Gasteiger partial charge < -0.3 is 23.5 Å². The lowest BCUT2D eigenvalue weighted by molar-refractivity contribution is -0.145. The van der Waals surface area contributed by atoms with E-state index in [0.717, 1.165) is 5.39 Å². The number of methoxy groups -OCH3 is 1. The largest absolute Gasteiger partial charge is 0.497 e. The molecular weight excluding hydrogens is 386 g/mol. The van der Waals surface area contributed by atoms with E-state index in [1.807, 2.05) is 18.2 Å². The SMILES string of the molecule is COc1ccc2oc(C(=O)O[C@@H](C(=O)N3CCOCC3)c3ccccc3)c(C)c2c1. The van der Waals surface area contributed by atoms with Crippen LogP contribution in [0, 0.1) is 6.92 Å². The Morgan fingerprint density at radius 2 is 1.80 bits per heavy atom. The summed E-state index contributed by atoms with van der Waals surface area (Å²) >= 11 is 0. The zero-order valence-corrected chi connectivity index (χ0v) is 16.9. The smallest absolute Gasteiger partial charge is 0.375 e. The maximum Gasteiger partial charge on any atom is 0.375 e. The van der Waals surface area contributed by atoms with E-state index in [4.69, 9.17) is 18.6 Å². The summed E-state index contributed by atoms with van der Waals surface area (Å²) < 4.78 is 22.0. The van der Waals surface area contributed by atoms with Crippen LogP contribution in [0.3, 0.4) is 0 Å². The Hall–Kier alpha value is -3.32. The molecule has 3 aromatic rings. The summed E-state index contributed by atoms with van der Waals surface area (Å²) in [7, 11) is 1.58. The van der Waals surface area contributed by atoms with E-state index in [-0.39, 0.29) is 11.7 Å². The van der Waals surface area contributed by atoms with Gasteiger partial charge in [-0.25, -0.2) is 4.79 Å². The second-order valence-corrected chi connectivity index (χ2v) is 7.05. The van der Waals surface area contributed by atoms with Gasteiger partial charge in [0.15, 0.2) is 0 Å². The lowest BCUT2D eigenvalue weighted by atomic mass is 10.1. The number of morpholine rings is 1. The molecule has 1 amide bonds. The summed E-state index contributed by atoms with van der Waals surface area (Å²) in [6, 6.07) is 14.3. The highest BCUT2D eigenvalue weighted by Gasteiger charge is 2.32. The van der Waals surface area contributed by atoms with Crippen molar-refractivity contribution in [2.75, 3.05) is 33.4 Å². The number of hydrogen-bond donors (Lipinski definition) is 0. The van der Waals surface area contributed by atoms with Gasteiger partial charge in [-0.2, -0.15) is 0 Å². The minimum Gasteiger partial charge on any atom is -0.497 e. The number of aryl methyl sites for hydroxylation is 1. The molecule has 7 nitrogen and oxygen atoms in total. The second kappa shape index (κ2) is 8.59. The third kappa shape index (κ3) is 3.89. The first-order valence-corrected chi connectivity index (χ1v) is 9.78. The highest BCUT2D eigenvalue weighted by Crippen LogP contribution is 2.31. The molecule has 1 aromatic heterocycles. The molecule has 2 heterocycles. The normalized spacial score (nSPS) is 15.1. The van der Waals surface area contributed by atoms with Gasteiger partial charge >= 0.3 is 5.97 Å². The van der Waals surface area contributed by atoms with Gasteiger partial charge in [-0.05, 0) is 25.1 Å². The van der Waals surface area contributed by atoms with Crippen molar-refractivity contribution in [3.63, 3.8) is 0 Å². The van der Waals surface area contributed by atoms with Crippen molar-refractivity contribution in [2.24, 2.45) is 0 Å². The fraction of sp³-hybridized carbons (Fsp3) is 0.304. The molecule has 156 valence electrons. The van der Waals surface area contributed by atoms with Crippen LogP contribution in [-0.2, 0) is 14.3 Å². The third-order valence-electron chi connectivity index (χ3n) is 5.20. The number of fused-ring (bicyclic) bond motifs is 1. The first kappa shape index (κ1) is 20.0. The lowest BCUT2D eigenvalue weighted by Gasteiger charge is -2.30. The van der Waals surface area contributed by atoms with E-state index in [1.165, 1.54) is 0 Å².